The van der Waals surface area contributed by atoms with Gasteiger partial charge in [0.2, 0.25) is 0 Å². The van der Waals surface area contributed by atoms with Crippen molar-refractivity contribution in [2.24, 2.45) is 0 Å². The Balaban J connectivity index is 0.00000498. The van der Waals surface area contributed by atoms with E-state index in [1.807, 2.05) is 24.4 Å². The summed E-state index contributed by atoms with van der Waals surface area (Å²) in [5.74, 6) is 0.622. The van der Waals surface area contributed by atoms with Crippen LogP contribution in [0.4, 0.5) is 0 Å². The van der Waals surface area contributed by atoms with Gasteiger partial charge in [-0.05, 0) is 127 Å². The normalized spacial score (nSPS) is 11.0. The summed E-state index contributed by atoms with van der Waals surface area (Å²) in [6.07, 6.45) is 1.86. The first-order valence-corrected chi connectivity index (χ1v) is 21.6. The van der Waals surface area contributed by atoms with Gasteiger partial charge in [0, 0.05) is 37.4 Å². The molecule has 2 aromatic heterocycles. The average molecular weight is 1010 g/mol. The smallest absolute Gasteiger partial charge is 0.142 e. The van der Waals surface area contributed by atoms with Crippen LogP contribution in [0.3, 0.4) is 0 Å². The predicted molar refractivity (Wildman–Crippen MR) is 265 cm³/mol. The van der Waals surface area contributed by atoms with Crippen LogP contribution in [0.15, 0.2) is 243 Å². The van der Waals surface area contributed by atoms with Gasteiger partial charge in [-0.2, -0.15) is 0 Å². The number of hydrogen-bond donors (Lipinski definition) is 0. The van der Waals surface area contributed by atoms with Crippen molar-refractivity contribution in [2.75, 3.05) is 0 Å². The van der Waals surface area contributed by atoms with Gasteiger partial charge in [0.15, 0.2) is 0 Å². The second kappa shape index (κ2) is 18.5. The van der Waals surface area contributed by atoms with Crippen molar-refractivity contribution in [3.05, 3.63) is 249 Å². The third-order valence-corrected chi connectivity index (χ3v) is 11.8. The maximum Gasteiger partial charge on any atom is 0.142 e. The SMILES string of the molecule is [Ir].[c-]1ccc(-c2nc(-c3cccc(-c4cc(-c5ccccc5)cc(-c5ccccc5)c4)c3)cc(-c3cc(-c4ccccc4)cc(-c4ccccc4)c3)n2)cc1-c1nccc2ccccc12. The predicted octanol–water partition coefficient (Wildman–Crippen LogP) is 15.8. The molecule has 0 aliphatic rings. The zero-order valence-corrected chi connectivity index (χ0v) is 37.7. The number of nitrogens with zero attached hydrogens (tertiary/aromatic N) is 3. The van der Waals surface area contributed by atoms with E-state index in [9.17, 15) is 0 Å². The summed E-state index contributed by atoms with van der Waals surface area (Å²) in [6, 6.07) is 86.8. The molecule has 0 saturated carbocycles. The zero-order chi connectivity index (χ0) is 42.7. The molecule has 65 heavy (non-hydrogen) atoms. The van der Waals surface area contributed by atoms with Crippen LogP contribution >= 0.6 is 0 Å². The molecule has 2 heterocycles. The summed E-state index contributed by atoms with van der Waals surface area (Å²) in [5.41, 5.74) is 17.7. The van der Waals surface area contributed by atoms with Crippen molar-refractivity contribution in [3.8, 4) is 101 Å². The minimum Gasteiger partial charge on any atom is -0.304 e. The fourth-order valence-corrected chi connectivity index (χ4v) is 8.57. The van der Waals surface area contributed by atoms with Crippen molar-refractivity contribution in [3.63, 3.8) is 0 Å². The summed E-state index contributed by atoms with van der Waals surface area (Å²) in [7, 11) is 0. The molecule has 309 valence electrons. The molecule has 0 amide bonds. The Kier molecular flexibility index (Phi) is 11.7. The van der Waals surface area contributed by atoms with E-state index < -0.39 is 0 Å². The van der Waals surface area contributed by atoms with Gasteiger partial charge in [0.25, 0.3) is 0 Å². The first-order valence-electron chi connectivity index (χ1n) is 21.6. The number of benzene rings is 9. The Morgan fingerprint density at radius 3 is 1.29 bits per heavy atom. The molecule has 11 rings (SSSR count). The van der Waals surface area contributed by atoms with Crippen LogP contribution in [0.25, 0.3) is 112 Å². The van der Waals surface area contributed by atoms with Crippen molar-refractivity contribution < 1.29 is 20.1 Å². The van der Waals surface area contributed by atoms with E-state index in [1.54, 1.807) is 0 Å². The molecule has 0 N–H and O–H groups in total. The van der Waals surface area contributed by atoms with Crippen LogP contribution in [0.5, 0.6) is 0 Å². The van der Waals surface area contributed by atoms with E-state index in [1.165, 1.54) is 22.3 Å². The third-order valence-electron chi connectivity index (χ3n) is 11.8. The van der Waals surface area contributed by atoms with Crippen molar-refractivity contribution in [2.45, 2.75) is 0 Å². The number of rotatable bonds is 9. The maximum atomic E-state index is 5.39. The van der Waals surface area contributed by atoms with Crippen LogP contribution in [-0.2, 0) is 20.1 Å². The van der Waals surface area contributed by atoms with Gasteiger partial charge in [0.05, 0.1) is 11.4 Å². The first-order chi connectivity index (χ1) is 31.7. The summed E-state index contributed by atoms with van der Waals surface area (Å²) in [5, 5.41) is 2.20. The molecular weight excluding hydrogens is 967 g/mol. The molecule has 0 aliphatic heterocycles. The summed E-state index contributed by atoms with van der Waals surface area (Å²) in [6.45, 7) is 0. The molecule has 0 bridgehead atoms. The van der Waals surface area contributed by atoms with E-state index in [-0.39, 0.29) is 20.1 Å². The number of pyridine rings is 1. The molecule has 4 heteroatoms. The first kappa shape index (κ1) is 41.1. The number of aromatic nitrogens is 3. The summed E-state index contributed by atoms with van der Waals surface area (Å²) < 4.78 is 0. The summed E-state index contributed by atoms with van der Waals surface area (Å²) >= 11 is 0. The van der Waals surface area contributed by atoms with Crippen LogP contribution in [0.2, 0.25) is 0 Å². The Hall–Kier alpha value is -7.88. The Morgan fingerprint density at radius 2 is 0.738 bits per heavy atom. The molecule has 1 radical (unpaired) electrons. The molecule has 0 atom stereocenters. The van der Waals surface area contributed by atoms with E-state index in [0.717, 1.165) is 83.5 Å². The molecule has 3 nitrogen and oxygen atoms in total. The molecule has 0 spiro atoms. The topological polar surface area (TPSA) is 38.7 Å². The van der Waals surface area contributed by atoms with Crippen LogP contribution < -0.4 is 0 Å². The Bertz CT molecular complexity index is 3310. The minimum absolute atomic E-state index is 0. The Labute approximate surface area is 393 Å². The number of hydrogen-bond acceptors (Lipinski definition) is 3. The van der Waals surface area contributed by atoms with E-state index in [2.05, 4.69) is 224 Å². The molecule has 11 aromatic rings. The van der Waals surface area contributed by atoms with Crippen molar-refractivity contribution in [1.82, 2.24) is 15.0 Å². The molecule has 0 fully saturated rings. The van der Waals surface area contributed by atoms with Gasteiger partial charge >= 0.3 is 0 Å². The van der Waals surface area contributed by atoms with Crippen molar-refractivity contribution in [1.29, 1.82) is 0 Å². The molecule has 9 aromatic carbocycles. The monoisotopic (exact) mass is 1010 g/mol. The maximum absolute atomic E-state index is 5.39. The van der Waals surface area contributed by atoms with Gasteiger partial charge < -0.3 is 4.98 Å². The van der Waals surface area contributed by atoms with Gasteiger partial charge in [-0.25, -0.2) is 9.97 Å². The summed E-state index contributed by atoms with van der Waals surface area (Å²) in [4.78, 5) is 15.6. The van der Waals surface area contributed by atoms with Crippen LogP contribution in [-0.4, -0.2) is 15.0 Å². The standard InChI is InChI=1S/C61H40N3.Ir/c1-5-17-42(18-6-1)51-35-52(43-19-7-2-8-20-43)38-55(37-51)47-26-15-27-48(33-47)58-41-59(56-39-53(44-21-9-3-10-22-44)36-54(40-56)45-23-11-4-12-24-45)64-61(63-58)50-29-16-28-49(34-50)60-57-30-14-13-25-46(57)31-32-62-60;/h1-27,29-41H;/q-1;. The minimum atomic E-state index is 0. The van der Waals surface area contributed by atoms with Crippen molar-refractivity contribution >= 4 is 10.8 Å². The molecule has 0 saturated heterocycles. The van der Waals surface area contributed by atoms with E-state index in [0.29, 0.717) is 5.82 Å². The quantitative estimate of drug-likeness (QED) is 0.135. The van der Waals surface area contributed by atoms with Gasteiger partial charge in [-0.15, -0.1) is 29.8 Å². The van der Waals surface area contributed by atoms with E-state index >= 15 is 0 Å². The molecule has 0 aliphatic carbocycles. The second-order valence-corrected chi connectivity index (χ2v) is 16.0. The fourth-order valence-electron chi connectivity index (χ4n) is 8.57. The number of fused-ring (bicyclic) bond motifs is 1. The van der Waals surface area contributed by atoms with Crippen LogP contribution in [0.1, 0.15) is 0 Å². The van der Waals surface area contributed by atoms with Gasteiger partial charge in [-0.1, -0.05) is 169 Å². The van der Waals surface area contributed by atoms with Gasteiger partial charge in [-0.3, -0.25) is 0 Å². The molecule has 0 unspecified atom stereocenters. The third kappa shape index (κ3) is 8.74. The second-order valence-electron chi connectivity index (χ2n) is 16.0. The van der Waals surface area contributed by atoms with Gasteiger partial charge in [0.1, 0.15) is 5.82 Å². The fraction of sp³-hybridized carbons (Fsp3) is 0. The Morgan fingerprint density at radius 1 is 0.308 bits per heavy atom. The zero-order valence-electron chi connectivity index (χ0n) is 35.3. The molecular formula is C61H40IrN3-. The van der Waals surface area contributed by atoms with E-state index in [4.69, 9.17) is 15.0 Å². The van der Waals surface area contributed by atoms with Crippen LogP contribution in [0, 0.1) is 6.07 Å². The average Bonchev–Trinajstić information content (AvgIpc) is 3.39. The largest absolute Gasteiger partial charge is 0.304 e.